The molecule has 174 valence electrons. The lowest BCUT2D eigenvalue weighted by molar-refractivity contribution is -0.245. The van der Waals surface area contributed by atoms with Gasteiger partial charge in [-0.05, 0) is 18.2 Å². The fraction of sp³-hybridized carbons (Fsp3) is 0.263. The van der Waals surface area contributed by atoms with E-state index in [1.54, 1.807) is 10.8 Å². The highest BCUT2D eigenvalue weighted by atomic mass is 32.2. The highest BCUT2D eigenvalue weighted by Crippen LogP contribution is 2.38. The van der Waals surface area contributed by atoms with Crippen molar-refractivity contribution in [3.8, 4) is 24.2 Å². The van der Waals surface area contributed by atoms with Gasteiger partial charge >= 0.3 is 6.18 Å². The average Bonchev–Trinajstić information content (AvgIpc) is 3.01. The molecule has 33 heavy (non-hydrogen) atoms. The Morgan fingerprint density at radius 2 is 2.09 bits per heavy atom. The maximum atomic E-state index is 13.5. The molecule has 1 amide bonds. The summed E-state index contributed by atoms with van der Waals surface area (Å²) >= 11 is 0. The van der Waals surface area contributed by atoms with Gasteiger partial charge in [0.15, 0.2) is 11.4 Å². The summed E-state index contributed by atoms with van der Waals surface area (Å²) in [5, 5.41) is 21.2. The predicted octanol–water partition coefficient (Wildman–Crippen LogP) is 1.25. The third kappa shape index (κ3) is 4.11. The number of carbonyl (C=O) groups is 1. The first kappa shape index (κ1) is 24.1. The van der Waals surface area contributed by atoms with E-state index in [1.165, 1.54) is 7.05 Å². The first-order chi connectivity index (χ1) is 15.2. The Kier molecular flexibility index (Phi) is 5.89. The molecule has 1 unspecified atom stereocenters. The van der Waals surface area contributed by atoms with Crippen molar-refractivity contribution in [1.82, 2.24) is 9.29 Å². The van der Waals surface area contributed by atoms with Gasteiger partial charge in [-0.15, -0.1) is 6.42 Å². The highest BCUT2D eigenvalue weighted by molar-refractivity contribution is 7.89. The van der Waals surface area contributed by atoms with Crippen LogP contribution in [0.3, 0.4) is 0 Å². The van der Waals surface area contributed by atoms with Crippen molar-refractivity contribution in [2.45, 2.75) is 22.7 Å². The zero-order valence-electron chi connectivity index (χ0n) is 16.6. The van der Waals surface area contributed by atoms with E-state index in [-0.39, 0.29) is 11.3 Å². The molecule has 0 saturated carbocycles. The number of aromatic nitrogens is 1. The van der Waals surface area contributed by atoms with Gasteiger partial charge in [0.25, 0.3) is 5.91 Å². The van der Waals surface area contributed by atoms with Crippen LogP contribution in [0.25, 0.3) is 0 Å². The van der Waals surface area contributed by atoms with Gasteiger partial charge in [-0.1, -0.05) is 5.92 Å². The van der Waals surface area contributed by atoms with E-state index in [4.69, 9.17) is 16.4 Å². The molecular formula is C19H14F4N4O5S. The summed E-state index contributed by atoms with van der Waals surface area (Å²) in [6.45, 7) is -1.06. The largest absolute Gasteiger partial charge is 0.488 e. The van der Waals surface area contributed by atoms with Gasteiger partial charge in [-0.25, -0.2) is 17.5 Å². The Labute approximate surface area is 184 Å². The molecule has 1 aliphatic heterocycles. The number of carbonyl (C=O) groups excluding carboxylic acids is 1. The molecule has 0 radical (unpaired) electrons. The molecule has 3 N–H and O–H groups in total. The van der Waals surface area contributed by atoms with Crippen molar-refractivity contribution in [1.29, 1.82) is 5.26 Å². The Balaban J connectivity index is 2.01. The van der Waals surface area contributed by atoms with Crippen molar-refractivity contribution in [2.75, 3.05) is 11.9 Å². The monoisotopic (exact) mass is 486 g/mol. The van der Waals surface area contributed by atoms with Gasteiger partial charge < -0.3 is 19.7 Å². The first-order valence-corrected chi connectivity index (χ1v) is 10.4. The Bertz CT molecular complexity index is 1320. The van der Waals surface area contributed by atoms with Crippen molar-refractivity contribution in [3.63, 3.8) is 0 Å². The molecule has 1 aromatic heterocycles. The van der Waals surface area contributed by atoms with E-state index in [1.807, 2.05) is 0 Å². The molecule has 9 nitrogen and oxygen atoms in total. The molecule has 0 bridgehead atoms. The molecule has 0 fully saturated rings. The van der Waals surface area contributed by atoms with Crippen LogP contribution in [-0.2, 0) is 17.1 Å². The van der Waals surface area contributed by atoms with Gasteiger partial charge in [-0.3, -0.25) is 4.79 Å². The minimum absolute atomic E-state index is 0.0147. The SMILES string of the molecule is C#CC(O)([C@@H]1COc2c(cn(C)c2C(=O)Nc2ccc(F)c(C#N)c2)S(=O)(=O)N1)C(F)(F)F. The zero-order valence-corrected chi connectivity index (χ0v) is 17.4. The fourth-order valence-corrected chi connectivity index (χ4v) is 4.52. The van der Waals surface area contributed by atoms with Crippen LogP contribution in [0, 0.1) is 29.5 Å². The van der Waals surface area contributed by atoms with Crippen LogP contribution >= 0.6 is 0 Å². The van der Waals surface area contributed by atoms with Crippen molar-refractivity contribution in [3.05, 3.63) is 41.5 Å². The lowest BCUT2D eigenvalue weighted by Crippen LogP contribution is -2.61. The molecule has 3 rings (SSSR count). The van der Waals surface area contributed by atoms with Crippen molar-refractivity contribution < 1.29 is 40.6 Å². The van der Waals surface area contributed by atoms with E-state index in [2.05, 4.69) is 5.32 Å². The van der Waals surface area contributed by atoms with E-state index in [0.29, 0.717) is 0 Å². The van der Waals surface area contributed by atoms with Crippen LogP contribution < -0.4 is 14.8 Å². The number of hydrogen-bond donors (Lipinski definition) is 3. The van der Waals surface area contributed by atoms with Gasteiger partial charge in [0.1, 0.15) is 29.4 Å². The quantitative estimate of drug-likeness (QED) is 0.442. The van der Waals surface area contributed by atoms with Crippen LogP contribution in [-0.4, -0.2) is 48.4 Å². The molecule has 0 spiro atoms. The summed E-state index contributed by atoms with van der Waals surface area (Å²) in [5.41, 5.74) is -4.69. The second-order valence-electron chi connectivity index (χ2n) is 6.94. The Hall–Kier alpha value is -3.59. The zero-order chi connectivity index (χ0) is 24.8. The second kappa shape index (κ2) is 8.08. The van der Waals surface area contributed by atoms with Crippen LogP contribution in [0.4, 0.5) is 23.2 Å². The summed E-state index contributed by atoms with van der Waals surface area (Å²) in [5.74, 6) is -1.24. The first-order valence-electron chi connectivity index (χ1n) is 8.87. The Morgan fingerprint density at radius 1 is 1.42 bits per heavy atom. The number of aliphatic hydroxyl groups is 1. The van der Waals surface area contributed by atoms with E-state index < -0.39 is 62.5 Å². The lowest BCUT2D eigenvalue weighted by atomic mass is 9.95. The topological polar surface area (TPSA) is 133 Å². The molecule has 14 heteroatoms. The number of fused-ring (bicyclic) bond motifs is 1. The van der Waals surface area contributed by atoms with E-state index in [9.17, 15) is 35.9 Å². The second-order valence-corrected chi connectivity index (χ2v) is 8.62. The minimum Gasteiger partial charge on any atom is -0.488 e. The number of amides is 1. The lowest BCUT2D eigenvalue weighted by Gasteiger charge is -2.32. The van der Waals surface area contributed by atoms with Gasteiger partial charge in [0.05, 0.1) is 5.56 Å². The molecule has 2 heterocycles. The molecule has 2 atom stereocenters. The predicted molar refractivity (Wildman–Crippen MR) is 104 cm³/mol. The smallest absolute Gasteiger partial charge is 0.430 e. The number of nitrogens with one attached hydrogen (secondary N) is 2. The van der Waals surface area contributed by atoms with Crippen LogP contribution in [0.1, 0.15) is 16.1 Å². The summed E-state index contributed by atoms with van der Waals surface area (Å²) in [6, 6.07) is 2.35. The number of rotatable bonds is 3. The maximum absolute atomic E-state index is 13.5. The number of sulfonamides is 1. The summed E-state index contributed by atoms with van der Waals surface area (Å²) < 4.78 is 86.8. The summed E-state index contributed by atoms with van der Waals surface area (Å²) in [4.78, 5) is 12.1. The Morgan fingerprint density at radius 3 is 2.67 bits per heavy atom. The normalized spacial score (nSPS) is 19.1. The third-order valence-electron chi connectivity index (χ3n) is 4.80. The van der Waals surface area contributed by atoms with E-state index in [0.717, 1.165) is 34.9 Å². The third-order valence-corrected chi connectivity index (χ3v) is 6.26. The van der Waals surface area contributed by atoms with Crippen molar-refractivity contribution >= 4 is 21.6 Å². The number of nitrogens with zero attached hydrogens (tertiary/aromatic N) is 2. The number of aryl methyl sites for hydroxylation is 1. The summed E-state index contributed by atoms with van der Waals surface area (Å²) in [6.07, 6.45) is 0.353. The highest BCUT2D eigenvalue weighted by Gasteiger charge is 2.60. The van der Waals surface area contributed by atoms with Crippen molar-refractivity contribution in [2.24, 2.45) is 7.05 Å². The number of anilines is 1. The number of nitriles is 1. The minimum atomic E-state index is -5.40. The number of ether oxygens (including phenoxy) is 1. The summed E-state index contributed by atoms with van der Waals surface area (Å²) in [7, 11) is -3.45. The van der Waals surface area contributed by atoms with E-state index >= 15 is 0 Å². The number of benzene rings is 1. The van der Waals surface area contributed by atoms with Gasteiger partial charge in [0.2, 0.25) is 15.6 Å². The number of hydrogen-bond acceptors (Lipinski definition) is 6. The van der Waals surface area contributed by atoms with Gasteiger partial charge in [-0.2, -0.15) is 18.4 Å². The molecule has 1 aliphatic rings. The molecule has 0 saturated heterocycles. The molecule has 0 aliphatic carbocycles. The molecule has 2 aromatic rings. The molecule has 1 aromatic carbocycles. The maximum Gasteiger partial charge on any atom is 0.430 e. The van der Waals surface area contributed by atoms with Crippen LogP contribution in [0.2, 0.25) is 0 Å². The average molecular weight is 486 g/mol. The van der Waals surface area contributed by atoms with Crippen LogP contribution in [0.15, 0.2) is 29.3 Å². The molecular weight excluding hydrogens is 472 g/mol. The number of alkyl halides is 3. The van der Waals surface area contributed by atoms with Crippen LogP contribution in [0.5, 0.6) is 5.75 Å². The number of halogens is 4. The fourth-order valence-electron chi connectivity index (χ4n) is 3.09. The van der Waals surface area contributed by atoms with Gasteiger partial charge in [0, 0.05) is 18.9 Å². The standard InChI is InChI=1S/C19H14F4N4O5S/c1-3-18(29,19(21,22)23)14-9-32-16-13(33(30,31)26-14)8-27(2)15(16)17(28)25-11-4-5-12(20)10(6-11)7-24/h1,4-6,8,14,26,29H,9H2,2H3,(H,25,28)/t14-,18?/m0/s1. The number of terminal acetylenes is 1.